The van der Waals surface area contributed by atoms with Crippen LogP contribution in [0, 0.1) is 13.8 Å². The van der Waals surface area contributed by atoms with Gasteiger partial charge in [0.2, 0.25) is 0 Å². The normalized spacial score (nSPS) is 18.3. The lowest BCUT2D eigenvalue weighted by Gasteiger charge is -2.37. The number of para-hydroxylation sites is 1. The maximum absolute atomic E-state index is 9.99. The number of nitrogens with one attached hydrogen (secondary N) is 1. The molecule has 1 aliphatic carbocycles. The van der Waals surface area contributed by atoms with E-state index >= 15 is 0 Å². The van der Waals surface area contributed by atoms with E-state index in [9.17, 15) is 5.11 Å². The van der Waals surface area contributed by atoms with Gasteiger partial charge < -0.3 is 10.4 Å². The highest BCUT2D eigenvalue weighted by Gasteiger charge is 2.34. The fraction of sp³-hybridized carbons (Fsp3) is 0.538. The topological polar surface area (TPSA) is 32.3 Å². The number of benzene rings is 1. The molecule has 0 spiro atoms. The zero-order chi connectivity index (χ0) is 10.9. The van der Waals surface area contributed by atoms with Crippen LogP contribution in [0.1, 0.15) is 30.4 Å². The number of aryl methyl sites for hydroxylation is 2. The standard InChI is InChI=1S/C13H19NO/c1-10-5-3-6-11(2)12(10)14-9-13(15)7-4-8-13/h3,5-6,14-15H,4,7-9H2,1-2H3. The van der Waals surface area contributed by atoms with E-state index in [1.807, 2.05) is 0 Å². The van der Waals surface area contributed by atoms with Crippen LogP contribution in [0.2, 0.25) is 0 Å². The van der Waals surface area contributed by atoms with Crippen molar-refractivity contribution in [3.05, 3.63) is 29.3 Å². The fourth-order valence-electron chi connectivity index (χ4n) is 2.11. The smallest absolute Gasteiger partial charge is 0.0819 e. The van der Waals surface area contributed by atoms with Gasteiger partial charge in [0.25, 0.3) is 0 Å². The molecule has 0 unspecified atom stereocenters. The van der Waals surface area contributed by atoms with Crippen LogP contribution in [0.15, 0.2) is 18.2 Å². The third kappa shape index (κ3) is 2.15. The first-order valence-electron chi connectivity index (χ1n) is 5.63. The molecule has 15 heavy (non-hydrogen) atoms. The zero-order valence-corrected chi connectivity index (χ0v) is 9.51. The van der Waals surface area contributed by atoms with Crippen LogP contribution in [0.3, 0.4) is 0 Å². The van der Waals surface area contributed by atoms with Gasteiger partial charge in [0, 0.05) is 12.2 Å². The van der Waals surface area contributed by atoms with Crippen molar-refractivity contribution in [2.75, 3.05) is 11.9 Å². The Labute approximate surface area is 91.3 Å². The molecule has 2 heteroatoms. The van der Waals surface area contributed by atoms with Gasteiger partial charge in [-0.1, -0.05) is 18.2 Å². The third-order valence-corrected chi connectivity index (χ3v) is 3.36. The lowest BCUT2D eigenvalue weighted by atomic mass is 9.80. The molecule has 0 radical (unpaired) electrons. The molecule has 1 saturated carbocycles. The van der Waals surface area contributed by atoms with Gasteiger partial charge in [-0.15, -0.1) is 0 Å². The number of hydrogen-bond donors (Lipinski definition) is 2. The number of aliphatic hydroxyl groups is 1. The summed E-state index contributed by atoms with van der Waals surface area (Å²) in [6.07, 6.45) is 3.03. The van der Waals surface area contributed by atoms with Crippen molar-refractivity contribution in [3.63, 3.8) is 0 Å². The first-order valence-corrected chi connectivity index (χ1v) is 5.63. The Morgan fingerprint density at radius 3 is 2.33 bits per heavy atom. The van der Waals surface area contributed by atoms with Crippen molar-refractivity contribution in [1.82, 2.24) is 0 Å². The minimum absolute atomic E-state index is 0.450. The number of rotatable bonds is 3. The molecule has 1 fully saturated rings. The third-order valence-electron chi connectivity index (χ3n) is 3.36. The van der Waals surface area contributed by atoms with Gasteiger partial charge in [0.1, 0.15) is 0 Å². The lowest BCUT2D eigenvalue weighted by molar-refractivity contribution is -0.0202. The number of hydrogen-bond acceptors (Lipinski definition) is 2. The van der Waals surface area contributed by atoms with Crippen molar-refractivity contribution >= 4 is 5.69 Å². The molecule has 1 aromatic rings. The van der Waals surface area contributed by atoms with Crippen LogP contribution < -0.4 is 5.32 Å². The average molecular weight is 205 g/mol. The van der Waals surface area contributed by atoms with Crippen LogP contribution in [-0.4, -0.2) is 17.3 Å². The summed E-state index contributed by atoms with van der Waals surface area (Å²) in [6, 6.07) is 6.26. The van der Waals surface area contributed by atoms with Crippen molar-refractivity contribution in [2.45, 2.75) is 38.7 Å². The molecule has 82 valence electrons. The molecular weight excluding hydrogens is 186 g/mol. The van der Waals surface area contributed by atoms with E-state index < -0.39 is 5.60 Å². The molecule has 0 amide bonds. The van der Waals surface area contributed by atoms with Crippen LogP contribution in [0.5, 0.6) is 0 Å². The van der Waals surface area contributed by atoms with Gasteiger partial charge in [-0.3, -0.25) is 0 Å². The Morgan fingerprint density at radius 1 is 1.27 bits per heavy atom. The molecule has 0 heterocycles. The quantitative estimate of drug-likeness (QED) is 0.795. The first kappa shape index (κ1) is 10.5. The summed E-state index contributed by atoms with van der Waals surface area (Å²) < 4.78 is 0. The largest absolute Gasteiger partial charge is 0.388 e. The van der Waals surface area contributed by atoms with E-state index in [-0.39, 0.29) is 0 Å². The Morgan fingerprint density at radius 2 is 1.87 bits per heavy atom. The van der Waals surface area contributed by atoms with E-state index in [1.54, 1.807) is 0 Å². The average Bonchev–Trinajstić information content (AvgIpc) is 2.14. The molecule has 2 rings (SSSR count). The van der Waals surface area contributed by atoms with Gasteiger partial charge in [-0.05, 0) is 44.2 Å². The molecule has 0 atom stereocenters. The van der Waals surface area contributed by atoms with Gasteiger partial charge in [-0.25, -0.2) is 0 Å². The fourth-order valence-corrected chi connectivity index (χ4v) is 2.11. The summed E-state index contributed by atoms with van der Waals surface area (Å²) in [5.41, 5.74) is 3.23. The lowest BCUT2D eigenvalue weighted by Crippen LogP contribution is -2.43. The molecule has 0 saturated heterocycles. The van der Waals surface area contributed by atoms with Crippen molar-refractivity contribution < 1.29 is 5.11 Å². The van der Waals surface area contributed by atoms with E-state index in [4.69, 9.17) is 0 Å². The van der Waals surface area contributed by atoms with E-state index in [0.717, 1.165) is 19.3 Å². The Balaban J connectivity index is 2.04. The second-order valence-electron chi connectivity index (χ2n) is 4.70. The van der Waals surface area contributed by atoms with E-state index in [1.165, 1.54) is 16.8 Å². The van der Waals surface area contributed by atoms with Crippen LogP contribution >= 0.6 is 0 Å². The van der Waals surface area contributed by atoms with Crippen LogP contribution in [0.25, 0.3) is 0 Å². The summed E-state index contributed by atoms with van der Waals surface area (Å²) >= 11 is 0. The molecule has 0 aliphatic heterocycles. The Kier molecular flexibility index (Phi) is 2.70. The van der Waals surface area contributed by atoms with Crippen LogP contribution in [0.4, 0.5) is 5.69 Å². The van der Waals surface area contributed by atoms with Gasteiger partial charge in [-0.2, -0.15) is 0 Å². The van der Waals surface area contributed by atoms with Crippen molar-refractivity contribution in [3.8, 4) is 0 Å². The second-order valence-corrected chi connectivity index (χ2v) is 4.70. The first-order chi connectivity index (χ1) is 7.11. The molecule has 1 aliphatic rings. The summed E-state index contributed by atoms with van der Waals surface area (Å²) in [5, 5.41) is 13.4. The Bertz CT molecular complexity index is 335. The molecule has 2 nitrogen and oxygen atoms in total. The van der Waals surface area contributed by atoms with Crippen molar-refractivity contribution in [2.24, 2.45) is 0 Å². The molecule has 2 N–H and O–H groups in total. The molecule has 0 aromatic heterocycles. The number of anilines is 1. The maximum atomic E-state index is 9.99. The zero-order valence-electron chi connectivity index (χ0n) is 9.51. The highest BCUT2D eigenvalue weighted by molar-refractivity contribution is 5.56. The van der Waals surface area contributed by atoms with Gasteiger partial charge >= 0.3 is 0 Å². The minimum Gasteiger partial charge on any atom is -0.388 e. The minimum atomic E-state index is -0.450. The summed E-state index contributed by atoms with van der Waals surface area (Å²) in [4.78, 5) is 0. The monoisotopic (exact) mass is 205 g/mol. The van der Waals surface area contributed by atoms with E-state index in [2.05, 4.69) is 37.4 Å². The summed E-state index contributed by atoms with van der Waals surface area (Å²) in [6.45, 7) is 4.87. The summed E-state index contributed by atoms with van der Waals surface area (Å²) in [5.74, 6) is 0. The molecule has 1 aromatic carbocycles. The second kappa shape index (κ2) is 3.86. The summed E-state index contributed by atoms with van der Waals surface area (Å²) in [7, 11) is 0. The Hall–Kier alpha value is -1.02. The molecule has 0 bridgehead atoms. The van der Waals surface area contributed by atoms with Gasteiger partial charge in [0.15, 0.2) is 0 Å². The molecular formula is C13H19NO. The predicted octanol–water partition coefficient (Wildman–Crippen LogP) is 2.63. The highest BCUT2D eigenvalue weighted by Crippen LogP contribution is 2.32. The predicted molar refractivity (Wildman–Crippen MR) is 63.2 cm³/mol. The maximum Gasteiger partial charge on any atom is 0.0819 e. The van der Waals surface area contributed by atoms with Crippen molar-refractivity contribution in [1.29, 1.82) is 0 Å². The van der Waals surface area contributed by atoms with Crippen LogP contribution in [-0.2, 0) is 0 Å². The van der Waals surface area contributed by atoms with E-state index in [0.29, 0.717) is 6.54 Å². The SMILES string of the molecule is Cc1cccc(C)c1NCC1(O)CCC1. The highest BCUT2D eigenvalue weighted by atomic mass is 16.3. The van der Waals surface area contributed by atoms with Gasteiger partial charge in [0.05, 0.1) is 5.60 Å².